The molecule has 3 rings (SSSR count). The lowest BCUT2D eigenvalue weighted by Crippen LogP contribution is -2.51. The van der Waals surface area contributed by atoms with Gasteiger partial charge in [0.15, 0.2) is 0 Å². The zero-order chi connectivity index (χ0) is 16.4. The van der Waals surface area contributed by atoms with Crippen LogP contribution in [0.4, 0.5) is 4.39 Å². The van der Waals surface area contributed by atoms with Crippen LogP contribution in [0.25, 0.3) is 0 Å². The lowest BCUT2D eigenvalue weighted by atomic mass is 9.79. The monoisotopic (exact) mass is 352 g/mol. The Bertz CT molecular complexity index is 653. The Hall–Kier alpha value is -1.43. The molecule has 2 aromatic rings. The number of halogens is 2. The molecular formula is C18H26ClFN4. The molecule has 6 heteroatoms. The molecule has 0 amide bonds. The van der Waals surface area contributed by atoms with E-state index in [-0.39, 0.29) is 29.7 Å². The van der Waals surface area contributed by atoms with Gasteiger partial charge in [0.05, 0.1) is 12.7 Å². The van der Waals surface area contributed by atoms with Crippen LogP contribution < -0.4 is 5.73 Å². The summed E-state index contributed by atoms with van der Waals surface area (Å²) in [6.07, 6.45) is 5.03. The third kappa shape index (κ3) is 4.56. The van der Waals surface area contributed by atoms with Crippen LogP contribution in [0, 0.1) is 11.2 Å². The number of likely N-dealkylation sites (tertiary alicyclic amines) is 1. The maximum absolute atomic E-state index is 12.9. The lowest BCUT2D eigenvalue weighted by Gasteiger charge is -2.42. The lowest BCUT2D eigenvalue weighted by molar-refractivity contribution is 0.0898. The minimum absolute atomic E-state index is 0. The smallest absolute Gasteiger partial charge is 0.123 e. The van der Waals surface area contributed by atoms with E-state index >= 15 is 0 Å². The van der Waals surface area contributed by atoms with Crippen molar-refractivity contribution in [1.29, 1.82) is 0 Å². The van der Waals surface area contributed by atoms with E-state index in [2.05, 4.69) is 30.0 Å². The normalized spacial score (nSPS) is 20.6. The van der Waals surface area contributed by atoms with Crippen LogP contribution in [0.2, 0.25) is 0 Å². The Kier molecular flexibility index (Phi) is 6.01. The Morgan fingerprint density at radius 1 is 1.21 bits per heavy atom. The van der Waals surface area contributed by atoms with Crippen molar-refractivity contribution < 1.29 is 4.39 Å². The molecule has 0 radical (unpaired) electrons. The van der Waals surface area contributed by atoms with Crippen LogP contribution in [0.3, 0.4) is 0 Å². The predicted molar refractivity (Wildman–Crippen MR) is 96.6 cm³/mol. The molecule has 1 saturated heterocycles. The van der Waals surface area contributed by atoms with Crippen molar-refractivity contribution in [3.05, 3.63) is 53.6 Å². The molecular weight excluding hydrogens is 327 g/mol. The first-order valence-electron chi connectivity index (χ1n) is 8.16. The standard InChI is InChI=1S/C18H25FN4.ClH/c1-18(2)13-22(8-7-17(18)20)10-15-9-21-23(12-15)11-14-3-5-16(19)6-4-14;/h3-6,9,12,17H,7-8,10-11,13,20H2,1-2H3;1H. The highest BCUT2D eigenvalue weighted by Gasteiger charge is 2.33. The molecule has 1 unspecified atom stereocenters. The summed E-state index contributed by atoms with van der Waals surface area (Å²) in [4.78, 5) is 2.45. The molecule has 0 saturated carbocycles. The van der Waals surface area contributed by atoms with E-state index in [1.807, 2.05) is 10.9 Å². The van der Waals surface area contributed by atoms with Crippen molar-refractivity contribution in [2.24, 2.45) is 11.1 Å². The molecule has 0 aliphatic carbocycles. The first-order chi connectivity index (χ1) is 10.9. The van der Waals surface area contributed by atoms with Gasteiger partial charge < -0.3 is 5.73 Å². The van der Waals surface area contributed by atoms with Crippen LogP contribution in [0.5, 0.6) is 0 Å². The summed E-state index contributed by atoms with van der Waals surface area (Å²) < 4.78 is 14.8. The molecule has 1 aliphatic heterocycles. The molecule has 1 aliphatic rings. The molecule has 1 aromatic heterocycles. The minimum atomic E-state index is -0.208. The fourth-order valence-corrected chi connectivity index (χ4v) is 3.23. The highest BCUT2D eigenvalue weighted by Crippen LogP contribution is 2.28. The van der Waals surface area contributed by atoms with Gasteiger partial charge in [0, 0.05) is 37.4 Å². The largest absolute Gasteiger partial charge is 0.327 e. The third-order valence-electron chi connectivity index (χ3n) is 4.74. The first kappa shape index (κ1) is 18.9. The van der Waals surface area contributed by atoms with Crippen LogP contribution in [-0.2, 0) is 13.1 Å². The topological polar surface area (TPSA) is 47.1 Å². The SMILES string of the molecule is CC1(C)CN(Cc2cnn(Cc3ccc(F)cc3)c2)CCC1N.Cl. The Labute approximate surface area is 149 Å². The highest BCUT2D eigenvalue weighted by atomic mass is 35.5. The minimum Gasteiger partial charge on any atom is -0.327 e. The molecule has 4 nitrogen and oxygen atoms in total. The van der Waals surface area contributed by atoms with Gasteiger partial charge in [-0.25, -0.2) is 4.39 Å². The van der Waals surface area contributed by atoms with Crippen LogP contribution in [-0.4, -0.2) is 33.8 Å². The van der Waals surface area contributed by atoms with Gasteiger partial charge >= 0.3 is 0 Å². The number of nitrogens with two attached hydrogens (primary N) is 1. The van der Waals surface area contributed by atoms with E-state index in [1.54, 1.807) is 12.1 Å². The molecule has 132 valence electrons. The van der Waals surface area contributed by atoms with Gasteiger partial charge in [-0.3, -0.25) is 9.58 Å². The summed E-state index contributed by atoms with van der Waals surface area (Å²) >= 11 is 0. The fourth-order valence-electron chi connectivity index (χ4n) is 3.23. The number of aromatic nitrogens is 2. The number of benzene rings is 1. The fraction of sp³-hybridized carbons (Fsp3) is 0.500. The predicted octanol–water partition coefficient (Wildman–Crippen LogP) is 3.05. The van der Waals surface area contributed by atoms with Gasteiger partial charge in [-0.1, -0.05) is 26.0 Å². The molecule has 1 aromatic carbocycles. The Morgan fingerprint density at radius 3 is 2.58 bits per heavy atom. The maximum atomic E-state index is 12.9. The summed E-state index contributed by atoms with van der Waals surface area (Å²) in [5.41, 5.74) is 8.61. The molecule has 0 spiro atoms. The van der Waals surface area contributed by atoms with Crippen molar-refractivity contribution in [3.63, 3.8) is 0 Å². The van der Waals surface area contributed by atoms with Crippen LogP contribution in [0.1, 0.15) is 31.4 Å². The number of hydrogen-bond donors (Lipinski definition) is 1. The van der Waals surface area contributed by atoms with Crippen molar-refractivity contribution in [3.8, 4) is 0 Å². The Balaban J connectivity index is 0.00000208. The maximum Gasteiger partial charge on any atom is 0.123 e. The molecule has 2 N–H and O–H groups in total. The average molecular weight is 353 g/mol. The number of piperidine rings is 1. The van der Waals surface area contributed by atoms with Crippen molar-refractivity contribution in [2.75, 3.05) is 13.1 Å². The number of nitrogens with zero attached hydrogens (tertiary/aromatic N) is 3. The quantitative estimate of drug-likeness (QED) is 0.920. The van der Waals surface area contributed by atoms with Gasteiger partial charge in [0.1, 0.15) is 5.82 Å². The van der Waals surface area contributed by atoms with Gasteiger partial charge in [0.2, 0.25) is 0 Å². The summed E-state index contributed by atoms with van der Waals surface area (Å²) in [6, 6.07) is 6.84. The van der Waals surface area contributed by atoms with E-state index in [0.29, 0.717) is 6.54 Å². The summed E-state index contributed by atoms with van der Waals surface area (Å²) in [7, 11) is 0. The average Bonchev–Trinajstić information content (AvgIpc) is 2.92. The van der Waals surface area contributed by atoms with Crippen molar-refractivity contribution >= 4 is 12.4 Å². The molecule has 2 heterocycles. The van der Waals surface area contributed by atoms with Gasteiger partial charge in [-0.15, -0.1) is 12.4 Å². The zero-order valence-corrected chi connectivity index (χ0v) is 15.1. The summed E-state index contributed by atoms with van der Waals surface area (Å²) in [6.45, 7) is 8.09. The molecule has 0 bridgehead atoms. The number of rotatable bonds is 4. The van der Waals surface area contributed by atoms with Gasteiger partial charge in [-0.05, 0) is 29.5 Å². The van der Waals surface area contributed by atoms with Crippen molar-refractivity contribution in [1.82, 2.24) is 14.7 Å². The summed E-state index contributed by atoms with van der Waals surface area (Å²) in [5, 5.41) is 4.42. The first-order valence-corrected chi connectivity index (χ1v) is 8.16. The second-order valence-electron chi connectivity index (χ2n) is 7.27. The second kappa shape index (κ2) is 7.64. The highest BCUT2D eigenvalue weighted by molar-refractivity contribution is 5.85. The third-order valence-corrected chi connectivity index (χ3v) is 4.74. The van der Waals surface area contributed by atoms with Crippen LogP contribution >= 0.6 is 12.4 Å². The van der Waals surface area contributed by atoms with E-state index in [4.69, 9.17) is 5.73 Å². The molecule has 1 atom stereocenters. The van der Waals surface area contributed by atoms with E-state index in [1.165, 1.54) is 17.7 Å². The van der Waals surface area contributed by atoms with Crippen LogP contribution in [0.15, 0.2) is 36.7 Å². The van der Waals surface area contributed by atoms with E-state index in [9.17, 15) is 4.39 Å². The van der Waals surface area contributed by atoms with Gasteiger partial charge in [0.25, 0.3) is 0 Å². The second-order valence-corrected chi connectivity index (χ2v) is 7.27. The molecule has 1 fully saturated rings. The number of hydrogen-bond acceptors (Lipinski definition) is 3. The summed E-state index contributed by atoms with van der Waals surface area (Å²) in [5.74, 6) is -0.208. The zero-order valence-electron chi connectivity index (χ0n) is 14.3. The van der Waals surface area contributed by atoms with E-state index in [0.717, 1.165) is 31.6 Å². The van der Waals surface area contributed by atoms with E-state index < -0.39 is 0 Å². The van der Waals surface area contributed by atoms with Crippen molar-refractivity contribution in [2.45, 2.75) is 39.4 Å². The molecule has 24 heavy (non-hydrogen) atoms. The van der Waals surface area contributed by atoms with Gasteiger partial charge in [-0.2, -0.15) is 5.10 Å². The Morgan fingerprint density at radius 2 is 1.92 bits per heavy atom.